The van der Waals surface area contributed by atoms with Crippen LogP contribution in [0.25, 0.3) is 0 Å². The summed E-state index contributed by atoms with van der Waals surface area (Å²) in [6.07, 6.45) is 1.71. The van der Waals surface area contributed by atoms with Crippen LogP contribution in [-0.4, -0.2) is 10.5 Å². The Hall–Kier alpha value is -1.02. The highest BCUT2D eigenvalue weighted by Gasteiger charge is 2.12. The van der Waals surface area contributed by atoms with Gasteiger partial charge in [-0.1, -0.05) is 15.9 Å². The topological polar surface area (TPSA) is 60.0 Å². The van der Waals surface area contributed by atoms with Gasteiger partial charge in [0.2, 0.25) is 0 Å². The molecule has 1 amide bonds. The molecule has 0 spiro atoms. The number of carbonyl (C=O) groups excluding carboxylic acids is 1. The Labute approximate surface area is 127 Å². The highest BCUT2D eigenvalue weighted by atomic mass is 127. The van der Waals surface area contributed by atoms with Gasteiger partial charge in [-0.2, -0.15) is 0 Å². The number of anilines is 2. The number of rotatable bonds is 2. The van der Waals surface area contributed by atoms with Crippen LogP contribution in [0.4, 0.5) is 11.4 Å². The van der Waals surface area contributed by atoms with Crippen LogP contribution in [0.15, 0.2) is 34.9 Å². The first kappa shape index (κ1) is 13.4. The van der Waals surface area contributed by atoms with E-state index in [4.69, 9.17) is 5.73 Å². The lowest BCUT2D eigenvalue weighted by Crippen LogP contribution is -2.16. The zero-order valence-corrected chi connectivity index (χ0v) is 13.3. The summed E-state index contributed by atoms with van der Waals surface area (Å²) in [5.41, 5.74) is 7.53. The lowest BCUT2D eigenvalue weighted by molar-refractivity contribution is 0.101. The third-order valence-electron chi connectivity index (χ3n) is 2.44. The second kappa shape index (κ2) is 5.31. The van der Waals surface area contributed by atoms with E-state index in [2.05, 4.69) is 43.8 Å². The number of aromatic nitrogens is 1. The molecular weight excluding hydrogens is 409 g/mol. The van der Waals surface area contributed by atoms with Crippen molar-refractivity contribution in [3.63, 3.8) is 0 Å². The Bertz CT molecular complexity index is 609. The summed E-state index contributed by atoms with van der Waals surface area (Å²) < 4.78 is 3.60. The van der Waals surface area contributed by atoms with Crippen molar-refractivity contribution in [1.82, 2.24) is 4.57 Å². The van der Waals surface area contributed by atoms with Crippen molar-refractivity contribution in [3.8, 4) is 0 Å². The molecule has 0 saturated carbocycles. The molecule has 4 nitrogen and oxygen atoms in total. The van der Waals surface area contributed by atoms with E-state index in [9.17, 15) is 4.79 Å². The Balaban J connectivity index is 2.26. The van der Waals surface area contributed by atoms with Crippen LogP contribution in [0.2, 0.25) is 0 Å². The van der Waals surface area contributed by atoms with Crippen LogP contribution in [0.3, 0.4) is 0 Å². The molecule has 2 aromatic rings. The summed E-state index contributed by atoms with van der Waals surface area (Å²) in [6.45, 7) is 0. The Morgan fingerprint density at radius 1 is 1.44 bits per heavy atom. The summed E-state index contributed by atoms with van der Waals surface area (Å²) in [7, 11) is 1.79. The molecule has 0 radical (unpaired) electrons. The van der Waals surface area contributed by atoms with E-state index >= 15 is 0 Å². The second-order valence-electron chi connectivity index (χ2n) is 3.85. The molecule has 0 atom stereocenters. The fraction of sp³-hybridized carbons (Fsp3) is 0.0833. The molecule has 0 fully saturated rings. The first-order chi connectivity index (χ1) is 8.47. The van der Waals surface area contributed by atoms with Crippen molar-refractivity contribution in [1.29, 1.82) is 0 Å². The predicted octanol–water partition coefficient (Wildman–Crippen LogP) is 3.23. The molecule has 18 heavy (non-hydrogen) atoms. The summed E-state index contributed by atoms with van der Waals surface area (Å²) in [6, 6.07) is 7.38. The third kappa shape index (κ3) is 2.86. The minimum Gasteiger partial charge on any atom is -0.397 e. The molecule has 0 bridgehead atoms. The van der Waals surface area contributed by atoms with E-state index in [0.717, 1.165) is 13.7 Å². The first-order valence-electron chi connectivity index (χ1n) is 5.15. The average molecular weight is 420 g/mol. The van der Waals surface area contributed by atoms with E-state index in [1.807, 2.05) is 18.2 Å². The number of aryl methyl sites for hydroxylation is 1. The van der Waals surface area contributed by atoms with E-state index in [1.54, 1.807) is 23.9 Å². The molecule has 94 valence electrons. The van der Waals surface area contributed by atoms with Crippen molar-refractivity contribution < 1.29 is 4.79 Å². The average Bonchev–Trinajstić information content (AvgIpc) is 2.63. The zero-order valence-electron chi connectivity index (χ0n) is 9.58. The zero-order chi connectivity index (χ0) is 13.3. The fourth-order valence-corrected chi connectivity index (χ4v) is 2.43. The number of hydrogen-bond donors (Lipinski definition) is 2. The van der Waals surface area contributed by atoms with Crippen molar-refractivity contribution >= 4 is 55.8 Å². The number of nitrogens with one attached hydrogen (secondary N) is 1. The first-order valence-corrected chi connectivity index (χ1v) is 7.03. The molecule has 2 rings (SSSR count). The summed E-state index contributed by atoms with van der Waals surface area (Å²) in [4.78, 5) is 12.1. The van der Waals surface area contributed by atoms with Gasteiger partial charge in [0.15, 0.2) is 0 Å². The molecule has 1 heterocycles. The molecule has 6 heteroatoms. The van der Waals surface area contributed by atoms with Crippen LogP contribution >= 0.6 is 38.5 Å². The number of hydrogen-bond acceptors (Lipinski definition) is 2. The summed E-state index contributed by atoms with van der Waals surface area (Å²) >= 11 is 5.56. The van der Waals surface area contributed by atoms with E-state index in [-0.39, 0.29) is 5.91 Å². The van der Waals surface area contributed by atoms with Crippen molar-refractivity contribution in [2.45, 2.75) is 0 Å². The van der Waals surface area contributed by atoms with Gasteiger partial charge in [-0.05, 0) is 46.9 Å². The molecule has 0 saturated heterocycles. The van der Waals surface area contributed by atoms with Crippen molar-refractivity contribution in [2.24, 2.45) is 7.05 Å². The van der Waals surface area contributed by atoms with Crippen LogP contribution in [0.5, 0.6) is 0 Å². The van der Waals surface area contributed by atoms with Gasteiger partial charge < -0.3 is 15.6 Å². The number of nitrogens with zero attached hydrogens (tertiary/aromatic N) is 1. The van der Waals surface area contributed by atoms with Gasteiger partial charge in [0, 0.05) is 21.3 Å². The number of nitrogens with two attached hydrogens (primary N) is 1. The van der Waals surface area contributed by atoms with E-state index < -0.39 is 0 Å². The van der Waals surface area contributed by atoms with Crippen molar-refractivity contribution in [3.05, 3.63) is 44.2 Å². The number of benzene rings is 1. The molecule has 0 aliphatic carbocycles. The van der Waals surface area contributed by atoms with Gasteiger partial charge in [0.05, 0.1) is 11.4 Å². The lowest BCUT2D eigenvalue weighted by atomic mass is 10.3. The number of amides is 1. The van der Waals surface area contributed by atoms with E-state index in [1.165, 1.54) is 0 Å². The van der Waals surface area contributed by atoms with Crippen LogP contribution in [-0.2, 0) is 7.05 Å². The van der Waals surface area contributed by atoms with Crippen molar-refractivity contribution in [2.75, 3.05) is 11.1 Å². The minimum absolute atomic E-state index is 0.176. The lowest BCUT2D eigenvalue weighted by Gasteiger charge is -2.08. The standard InChI is InChI=1S/C12H11BrIN3O/c1-17-6-8(15)5-11(17)12(18)16-10-4-7(13)2-3-9(10)14/h2-6H,15H2,1H3,(H,16,18). The Morgan fingerprint density at radius 2 is 2.17 bits per heavy atom. The fourth-order valence-electron chi connectivity index (χ4n) is 1.60. The predicted molar refractivity (Wildman–Crippen MR) is 84.6 cm³/mol. The molecule has 0 aliphatic heterocycles. The molecule has 1 aromatic heterocycles. The molecule has 0 aliphatic rings. The molecule has 1 aromatic carbocycles. The normalized spacial score (nSPS) is 10.4. The SMILES string of the molecule is Cn1cc(N)cc1C(=O)Nc1cc(Br)ccc1I. The minimum atomic E-state index is -0.176. The third-order valence-corrected chi connectivity index (χ3v) is 3.87. The smallest absolute Gasteiger partial charge is 0.272 e. The van der Waals surface area contributed by atoms with Gasteiger partial charge in [-0.25, -0.2) is 0 Å². The highest BCUT2D eigenvalue weighted by molar-refractivity contribution is 14.1. The van der Waals surface area contributed by atoms with Crippen LogP contribution < -0.4 is 11.1 Å². The Kier molecular flexibility index (Phi) is 3.96. The molecule has 0 unspecified atom stereocenters. The van der Waals surface area contributed by atoms with Gasteiger partial charge in [0.1, 0.15) is 5.69 Å². The highest BCUT2D eigenvalue weighted by Crippen LogP contribution is 2.23. The number of carbonyl (C=O) groups is 1. The maximum atomic E-state index is 12.1. The van der Waals surface area contributed by atoms with Crippen LogP contribution in [0, 0.1) is 3.57 Å². The van der Waals surface area contributed by atoms with E-state index in [0.29, 0.717) is 11.4 Å². The number of halogens is 2. The monoisotopic (exact) mass is 419 g/mol. The Morgan fingerprint density at radius 3 is 2.78 bits per heavy atom. The maximum absolute atomic E-state index is 12.1. The van der Waals surface area contributed by atoms with Gasteiger partial charge in [0.25, 0.3) is 5.91 Å². The quantitative estimate of drug-likeness (QED) is 0.734. The summed E-state index contributed by atoms with van der Waals surface area (Å²) in [5.74, 6) is -0.176. The van der Waals surface area contributed by atoms with Gasteiger partial charge >= 0.3 is 0 Å². The largest absolute Gasteiger partial charge is 0.397 e. The number of nitrogen functional groups attached to an aromatic ring is 1. The second-order valence-corrected chi connectivity index (χ2v) is 5.93. The van der Waals surface area contributed by atoms with Crippen LogP contribution in [0.1, 0.15) is 10.5 Å². The molecular formula is C12H11BrIN3O. The van der Waals surface area contributed by atoms with Gasteiger partial charge in [-0.3, -0.25) is 4.79 Å². The van der Waals surface area contributed by atoms with Gasteiger partial charge in [-0.15, -0.1) is 0 Å². The molecule has 3 N–H and O–H groups in total. The summed E-state index contributed by atoms with van der Waals surface area (Å²) in [5, 5.41) is 2.87. The maximum Gasteiger partial charge on any atom is 0.272 e.